The Bertz CT molecular complexity index is 717. The van der Waals surface area contributed by atoms with Gasteiger partial charge in [-0.2, -0.15) is 0 Å². The van der Waals surface area contributed by atoms with Gasteiger partial charge in [0.1, 0.15) is 6.04 Å². The van der Waals surface area contributed by atoms with Gasteiger partial charge in [0.05, 0.1) is 6.54 Å². The molecule has 1 saturated heterocycles. The largest absolute Gasteiger partial charge is 0.349 e. The summed E-state index contributed by atoms with van der Waals surface area (Å²) >= 11 is 5.01. The molecular formula is C18H19BrN2O2S. The third kappa shape index (κ3) is 4.05. The van der Waals surface area contributed by atoms with E-state index in [-0.39, 0.29) is 11.8 Å². The van der Waals surface area contributed by atoms with Gasteiger partial charge in [0.15, 0.2) is 0 Å². The van der Waals surface area contributed by atoms with Gasteiger partial charge in [-0.1, -0.05) is 30.3 Å². The molecule has 2 amide bonds. The van der Waals surface area contributed by atoms with Crippen LogP contribution < -0.4 is 5.32 Å². The van der Waals surface area contributed by atoms with E-state index >= 15 is 0 Å². The second kappa shape index (κ2) is 7.94. The highest BCUT2D eigenvalue weighted by Crippen LogP contribution is 2.26. The summed E-state index contributed by atoms with van der Waals surface area (Å²) in [6, 6.07) is 11.0. The highest BCUT2D eigenvalue weighted by molar-refractivity contribution is 9.10. The fraction of sp³-hybridized carbons (Fsp3) is 0.333. The average Bonchev–Trinajstić information content (AvgIpc) is 3.01. The van der Waals surface area contributed by atoms with E-state index in [9.17, 15) is 9.59 Å². The number of thiophene rings is 1. The zero-order chi connectivity index (χ0) is 16.9. The molecular weight excluding hydrogens is 388 g/mol. The van der Waals surface area contributed by atoms with Crippen molar-refractivity contribution in [1.29, 1.82) is 0 Å². The van der Waals surface area contributed by atoms with Gasteiger partial charge in [0.25, 0.3) is 0 Å². The van der Waals surface area contributed by atoms with Crippen LogP contribution in [0.5, 0.6) is 0 Å². The van der Waals surface area contributed by atoms with Gasteiger partial charge in [-0.05, 0) is 40.4 Å². The Labute approximate surface area is 154 Å². The number of nitrogens with zero attached hydrogens (tertiary/aromatic N) is 1. The number of likely N-dealkylation sites (tertiary alicyclic amines) is 1. The maximum Gasteiger partial charge on any atom is 0.247 e. The van der Waals surface area contributed by atoms with Crippen molar-refractivity contribution in [1.82, 2.24) is 10.2 Å². The van der Waals surface area contributed by atoms with Crippen LogP contribution in [0.1, 0.15) is 35.7 Å². The molecule has 24 heavy (non-hydrogen) atoms. The first-order valence-corrected chi connectivity index (χ1v) is 9.67. The van der Waals surface area contributed by atoms with Crippen molar-refractivity contribution in [2.75, 3.05) is 6.54 Å². The number of benzene rings is 1. The van der Waals surface area contributed by atoms with Crippen molar-refractivity contribution >= 4 is 39.1 Å². The lowest BCUT2D eigenvalue weighted by Gasteiger charge is -2.34. The number of piperidine rings is 1. The summed E-state index contributed by atoms with van der Waals surface area (Å²) in [5.74, 6) is -0.0647. The van der Waals surface area contributed by atoms with Gasteiger partial charge in [-0.25, -0.2) is 0 Å². The molecule has 1 aromatic carbocycles. The van der Waals surface area contributed by atoms with E-state index < -0.39 is 6.04 Å². The molecule has 3 rings (SSSR count). The first kappa shape index (κ1) is 17.2. The summed E-state index contributed by atoms with van der Waals surface area (Å²) < 4.78 is 1.02. The molecule has 0 saturated carbocycles. The predicted molar refractivity (Wildman–Crippen MR) is 98.6 cm³/mol. The molecule has 0 radical (unpaired) electrons. The van der Waals surface area contributed by atoms with Gasteiger partial charge in [0.2, 0.25) is 11.8 Å². The Balaban J connectivity index is 1.78. The number of carbonyl (C=O) groups is 2. The van der Waals surface area contributed by atoms with Crippen LogP contribution in [0.25, 0.3) is 0 Å². The molecule has 0 bridgehead atoms. The third-order valence-corrected chi connectivity index (χ3v) is 5.79. The van der Waals surface area contributed by atoms with Crippen molar-refractivity contribution in [3.8, 4) is 0 Å². The number of rotatable bonds is 5. The summed E-state index contributed by atoms with van der Waals surface area (Å²) in [4.78, 5) is 28.0. The van der Waals surface area contributed by atoms with Gasteiger partial charge >= 0.3 is 0 Å². The Morgan fingerprint density at radius 3 is 2.75 bits per heavy atom. The Morgan fingerprint density at radius 1 is 1.29 bits per heavy atom. The van der Waals surface area contributed by atoms with E-state index in [0.29, 0.717) is 19.5 Å². The summed E-state index contributed by atoms with van der Waals surface area (Å²) in [7, 11) is 0. The molecule has 0 aliphatic carbocycles. The molecule has 1 N–H and O–H groups in total. The summed E-state index contributed by atoms with van der Waals surface area (Å²) in [5.41, 5.74) is 0.859. The van der Waals surface area contributed by atoms with Crippen LogP contribution in [-0.2, 0) is 16.1 Å². The van der Waals surface area contributed by atoms with Gasteiger partial charge in [-0.3, -0.25) is 9.59 Å². The van der Waals surface area contributed by atoms with Crippen molar-refractivity contribution in [2.24, 2.45) is 0 Å². The molecule has 1 unspecified atom stereocenters. The molecule has 1 aliphatic rings. The minimum atomic E-state index is -0.553. The number of halogens is 1. The smallest absolute Gasteiger partial charge is 0.247 e. The normalized spacial score (nSPS) is 16.0. The molecule has 1 fully saturated rings. The van der Waals surface area contributed by atoms with E-state index in [0.717, 1.165) is 27.8 Å². The number of carbonyl (C=O) groups excluding carboxylic acids is 2. The average molecular weight is 407 g/mol. The number of hydrogen-bond acceptors (Lipinski definition) is 3. The summed E-state index contributed by atoms with van der Waals surface area (Å²) in [5, 5.41) is 4.98. The van der Waals surface area contributed by atoms with E-state index in [1.165, 1.54) is 0 Å². The minimum Gasteiger partial charge on any atom is -0.349 e. The van der Waals surface area contributed by atoms with Crippen molar-refractivity contribution < 1.29 is 9.59 Å². The van der Waals surface area contributed by atoms with Crippen LogP contribution >= 0.6 is 27.3 Å². The molecule has 1 atom stereocenters. The number of hydrogen-bond donors (Lipinski definition) is 1. The second-order valence-electron chi connectivity index (χ2n) is 5.81. The van der Waals surface area contributed by atoms with Crippen molar-refractivity contribution in [3.63, 3.8) is 0 Å². The zero-order valence-corrected chi connectivity index (χ0v) is 15.6. The number of amides is 2. The first-order valence-electron chi connectivity index (χ1n) is 8.00. The van der Waals surface area contributed by atoms with Crippen LogP contribution in [0.4, 0.5) is 0 Å². The fourth-order valence-electron chi connectivity index (χ4n) is 2.93. The predicted octanol–water partition coefficient (Wildman–Crippen LogP) is 3.88. The summed E-state index contributed by atoms with van der Waals surface area (Å²) in [6.07, 6.45) is 2.37. The third-order valence-electron chi connectivity index (χ3n) is 4.09. The van der Waals surface area contributed by atoms with Gasteiger partial charge < -0.3 is 10.2 Å². The second-order valence-corrected chi connectivity index (χ2v) is 7.72. The standard InChI is InChI=1S/C18H19BrN2O2S/c19-14-10-15(24-12-14)11-20-18(23)17(13-6-2-1-3-7-13)21-9-5-4-8-16(21)22/h1-3,6-7,10,12,17H,4-5,8-9,11H2,(H,20,23). The van der Waals surface area contributed by atoms with Crippen molar-refractivity contribution in [3.05, 3.63) is 56.7 Å². The molecule has 2 aromatic rings. The zero-order valence-electron chi connectivity index (χ0n) is 13.2. The lowest BCUT2D eigenvalue weighted by atomic mass is 10.0. The van der Waals surface area contributed by atoms with Crippen LogP contribution in [0.15, 0.2) is 46.3 Å². The van der Waals surface area contributed by atoms with E-state index in [2.05, 4.69) is 21.2 Å². The monoisotopic (exact) mass is 406 g/mol. The maximum atomic E-state index is 12.9. The van der Waals surface area contributed by atoms with Gasteiger partial charge in [0, 0.05) is 27.7 Å². The van der Waals surface area contributed by atoms with E-state index in [1.807, 2.05) is 41.8 Å². The molecule has 2 heterocycles. The number of nitrogens with one attached hydrogen (secondary N) is 1. The highest BCUT2D eigenvalue weighted by Gasteiger charge is 2.32. The molecule has 4 nitrogen and oxygen atoms in total. The Kier molecular flexibility index (Phi) is 5.68. The molecule has 1 aliphatic heterocycles. The van der Waals surface area contributed by atoms with Crippen LogP contribution in [0.3, 0.4) is 0 Å². The lowest BCUT2D eigenvalue weighted by molar-refractivity contribution is -0.142. The quantitative estimate of drug-likeness (QED) is 0.818. The molecule has 126 valence electrons. The first-order chi connectivity index (χ1) is 11.6. The highest BCUT2D eigenvalue weighted by atomic mass is 79.9. The molecule has 6 heteroatoms. The minimum absolute atomic E-state index is 0.0594. The Hall–Kier alpha value is -1.66. The maximum absolute atomic E-state index is 12.9. The van der Waals surface area contributed by atoms with E-state index in [1.54, 1.807) is 16.2 Å². The SMILES string of the molecule is O=C(NCc1cc(Br)cs1)C(c1ccccc1)N1CCCCC1=O. The Morgan fingerprint density at radius 2 is 2.08 bits per heavy atom. The van der Waals surface area contributed by atoms with Crippen LogP contribution in [0.2, 0.25) is 0 Å². The van der Waals surface area contributed by atoms with Crippen LogP contribution in [-0.4, -0.2) is 23.3 Å². The lowest BCUT2D eigenvalue weighted by Crippen LogP contribution is -2.45. The fourth-order valence-corrected chi connectivity index (χ4v) is 4.32. The van der Waals surface area contributed by atoms with Crippen LogP contribution in [0, 0.1) is 0 Å². The molecule has 0 spiro atoms. The van der Waals surface area contributed by atoms with Gasteiger partial charge in [-0.15, -0.1) is 11.3 Å². The van der Waals surface area contributed by atoms with E-state index in [4.69, 9.17) is 0 Å². The summed E-state index contributed by atoms with van der Waals surface area (Å²) in [6.45, 7) is 1.11. The molecule has 1 aromatic heterocycles. The topological polar surface area (TPSA) is 49.4 Å². The van der Waals surface area contributed by atoms with Crippen molar-refractivity contribution in [2.45, 2.75) is 31.8 Å².